The zero-order valence-corrected chi connectivity index (χ0v) is 13.2. The summed E-state index contributed by atoms with van der Waals surface area (Å²) in [5.74, 6) is 1.03. The van der Waals surface area contributed by atoms with E-state index < -0.39 is 9.84 Å². The number of aromatic nitrogens is 2. The van der Waals surface area contributed by atoms with Gasteiger partial charge in [-0.1, -0.05) is 17.7 Å². The van der Waals surface area contributed by atoms with Crippen molar-refractivity contribution < 1.29 is 8.42 Å². The van der Waals surface area contributed by atoms with Gasteiger partial charge in [0.1, 0.15) is 11.3 Å². The van der Waals surface area contributed by atoms with Crippen LogP contribution in [0.4, 0.5) is 0 Å². The van der Waals surface area contributed by atoms with Gasteiger partial charge >= 0.3 is 0 Å². The van der Waals surface area contributed by atoms with E-state index in [0.29, 0.717) is 22.8 Å². The van der Waals surface area contributed by atoms with Crippen molar-refractivity contribution in [2.45, 2.75) is 24.8 Å². The molecule has 108 valence electrons. The van der Waals surface area contributed by atoms with Crippen LogP contribution in [0.5, 0.6) is 0 Å². The highest BCUT2D eigenvalue weighted by molar-refractivity contribution is 7.91. The van der Waals surface area contributed by atoms with E-state index in [4.69, 9.17) is 23.2 Å². The summed E-state index contributed by atoms with van der Waals surface area (Å²) in [7, 11) is -2.97. The zero-order valence-electron chi connectivity index (χ0n) is 10.9. The Morgan fingerprint density at radius 1 is 1.45 bits per heavy atom. The van der Waals surface area contributed by atoms with Gasteiger partial charge < -0.3 is 4.57 Å². The van der Waals surface area contributed by atoms with Crippen LogP contribution in [0.25, 0.3) is 11.0 Å². The molecule has 7 heteroatoms. The number of benzene rings is 1. The van der Waals surface area contributed by atoms with E-state index in [1.54, 1.807) is 6.07 Å². The normalized spacial score (nSPS) is 23.2. The summed E-state index contributed by atoms with van der Waals surface area (Å²) < 4.78 is 25.4. The lowest BCUT2D eigenvalue weighted by atomic mass is 10.2. The van der Waals surface area contributed by atoms with Crippen molar-refractivity contribution in [2.75, 3.05) is 11.5 Å². The summed E-state index contributed by atoms with van der Waals surface area (Å²) in [6.45, 7) is 1.83. The number of para-hydroxylation sites is 1. The van der Waals surface area contributed by atoms with E-state index in [-0.39, 0.29) is 22.9 Å². The molecule has 0 aliphatic carbocycles. The molecule has 1 aromatic carbocycles. The minimum Gasteiger partial charge on any atom is -0.323 e. The van der Waals surface area contributed by atoms with Crippen LogP contribution in [0.15, 0.2) is 18.2 Å². The Hall–Kier alpha value is -0.780. The molecular formula is C13H14Cl2N2O2S. The van der Waals surface area contributed by atoms with Crippen LogP contribution in [-0.4, -0.2) is 29.5 Å². The van der Waals surface area contributed by atoms with Crippen molar-refractivity contribution in [1.29, 1.82) is 0 Å². The highest BCUT2D eigenvalue weighted by Crippen LogP contribution is 2.35. The molecule has 20 heavy (non-hydrogen) atoms. The fraction of sp³-hybridized carbons (Fsp3) is 0.462. The number of hydrogen-bond donors (Lipinski definition) is 0. The van der Waals surface area contributed by atoms with Crippen LogP contribution in [0.2, 0.25) is 5.02 Å². The quantitative estimate of drug-likeness (QED) is 0.792. The first-order valence-corrected chi connectivity index (χ1v) is 9.03. The molecule has 0 amide bonds. The number of halogens is 2. The van der Waals surface area contributed by atoms with Gasteiger partial charge in [-0.3, -0.25) is 0 Å². The molecule has 2 unspecified atom stereocenters. The van der Waals surface area contributed by atoms with Crippen molar-refractivity contribution >= 4 is 44.1 Å². The number of nitrogens with zero attached hydrogens (tertiary/aromatic N) is 2. The molecule has 1 fully saturated rings. The van der Waals surface area contributed by atoms with Crippen LogP contribution in [-0.2, 0) is 9.84 Å². The van der Waals surface area contributed by atoms with E-state index in [2.05, 4.69) is 4.98 Å². The monoisotopic (exact) mass is 332 g/mol. The molecule has 2 atom stereocenters. The Labute approximate surface area is 127 Å². The highest BCUT2D eigenvalue weighted by atomic mass is 35.5. The Kier molecular flexibility index (Phi) is 3.47. The molecule has 2 aromatic rings. The maximum atomic E-state index is 11.7. The molecule has 4 nitrogen and oxygen atoms in total. The van der Waals surface area contributed by atoms with Gasteiger partial charge in [0.2, 0.25) is 0 Å². The summed E-state index contributed by atoms with van der Waals surface area (Å²) >= 11 is 12.4. The van der Waals surface area contributed by atoms with Crippen LogP contribution < -0.4 is 0 Å². The topological polar surface area (TPSA) is 52.0 Å². The van der Waals surface area contributed by atoms with Crippen molar-refractivity contribution in [2.24, 2.45) is 0 Å². The maximum Gasteiger partial charge on any atom is 0.152 e. The van der Waals surface area contributed by atoms with E-state index >= 15 is 0 Å². The van der Waals surface area contributed by atoms with Crippen LogP contribution in [0.3, 0.4) is 0 Å². The second-order valence-corrected chi connectivity index (χ2v) is 8.41. The van der Waals surface area contributed by atoms with E-state index in [9.17, 15) is 8.42 Å². The predicted octanol–water partition coefficient (Wildman–Crippen LogP) is 3.35. The molecule has 1 saturated heterocycles. The number of rotatable bonds is 2. The van der Waals surface area contributed by atoms with Gasteiger partial charge in [0, 0.05) is 0 Å². The van der Waals surface area contributed by atoms with Crippen LogP contribution in [0, 0.1) is 0 Å². The fourth-order valence-corrected chi connectivity index (χ4v) is 4.81. The van der Waals surface area contributed by atoms with Gasteiger partial charge in [-0.2, -0.15) is 0 Å². The minimum atomic E-state index is -2.97. The summed E-state index contributed by atoms with van der Waals surface area (Å²) in [6, 6.07) is 5.41. The smallest absolute Gasteiger partial charge is 0.152 e. The third-order valence-corrected chi connectivity index (χ3v) is 5.88. The van der Waals surface area contributed by atoms with Gasteiger partial charge in [-0.15, -0.1) is 11.6 Å². The molecule has 0 radical (unpaired) electrons. The zero-order chi connectivity index (χ0) is 14.5. The van der Waals surface area contributed by atoms with E-state index in [1.165, 1.54) is 0 Å². The third-order valence-electron chi connectivity index (χ3n) is 3.63. The summed E-state index contributed by atoms with van der Waals surface area (Å²) in [6.07, 6.45) is 0.594. The summed E-state index contributed by atoms with van der Waals surface area (Å²) in [4.78, 5) is 4.51. The molecule has 2 heterocycles. The molecular weight excluding hydrogens is 319 g/mol. The molecule has 1 aliphatic rings. The number of sulfone groups is 1. The van der Waals surface area contributed by atoms with Gasteiger partial charge in [-0.25, -0.2) is 13.4 Å². The largest absolute Gasteiger partial charge is 0.323 e. The standard InChI is InChI=1S/C13H14Cl2N2O2S/c1-8(14)13-16-12-10(15)3-2-4-11(12)17(13)9-5-6-20(18,19)7-9/h2-4,8-9H,5-7H2,1H3. The van der Waals surface area contributed by atoms with E-state index in [0.717, 1.165) is 5.52 Å². The number of hydrogen-bond acceptors (Lipinski definition) is 3. The van der Waals surface area contributed by atoms with Crippen molar-refractivity contribution in [3.05, 3.63) is 29.0 Å². The molecule has 0 N–H and O–H groups in total. The van der Waals surface area contributed by atoms with Gasteiger partial charge in [0.05, 0.1) is 33.5 Å². The van der Waals surface area contributed by atoms with Crippen molar-refractivity contribution in [1.82, 2.24) is 9.55 Å². The highest BCUT2D eigenvalue weighted by Gasteiger charge is 2.32. The average molecular weight is 333 g/mol. The molecule has 3 rings (SSSR count). The second-order valence-electron chi connectivity index (χ2n) is 5.12. The molecule has 1 aromatic heterocycles. The SMILES string of the molecule is CC(Cl)c1nc2c(Cl)cccc2n1C1CCS(=O)(=O)C1. The molecule has 0 saturated carbocycles. The number of imidazole rings is 1. The lowest BCUT2D eigenvalue weighted by molar-refractivity contribution is 0.545. The molecule has 0 bridgehead atoms. The third kappa shape index (κ3) is 2.32. The number of alkyl halides is 1. The minimum absolute atomic E-state index is 0.111. The second kappa shape index (κ2) is 4.90. The van der Waals surface area contributed by atoms with Gasteiger partial charge in [0.25, 0.3) is 0 Å². The summed E-state index contributed by atoms with van der Waals surface area (Å²) in [5, 5.41) is 0.252. The lowest BCUT2D eigenvalue weighted by Gasteiger charge is -2.16. The fourth-order valence-electron chi connectivity index (χ4n) is 2.74. The van der Waals surface area contributed by atoms with E-state index in [1.807, 2.05) is 23.6 Å². The van der Waals surface area contributed by atoms with Gasteiger partial charge in [0.15, 0.2) is 9.84 Å². The molecule has 1 aliphatic heterocycles. The Morgan fingerprint density at radius 2 is 2.20 bits per heavy atom. The first kappa shape index (κ1) is 14.2. The average Bonchev–Trinajstić information content (AvgIpc) is 2.90. The van der Waals surface area contributed by atoms with Crippen molar-refractivity contribution in [3.8, 4) is 0 Å². The predicted molar refractivity (Wildman–Crippen MR) is 81.3 cm³/mol. The summed E-state index contributed by atoms with van der Waals surface area (Å²) in [5.41, 5.74) is 1.53. The first-order chi connectivity index (χ1) is 9.39. The first-order valence-electron chi connectivity index (χ1n) is 6.40. The van der Waals surface area contributed by atoms with Gasteiger partial charge in [-0.05, 0) is 25.5 Å². The van der Waals surface area contributed by atoms with Crippen LogP contribution in [0.1, 0.15) is 30.6 Å². The Morgan fingerprint density at radius 3 is 2.80 bits per heavy atom. The number of fused-ring (bicyclic) bond motifs is 1. The van der Waals surface area contributed by atoms with Crippen molar-refractivity contribution in [3.63, 3.8) is 0 Å². The molecule has 0 spiro atoms. The maximum absolute atomic E-state index is 11.7. The lowest BCUT2D eigenvalue weighted by Crippen LogP contribution is -2.14. The Balaban J connectivity index is 2.23. The van der Waals surface area contributed by atoms with Crippen LogP contribution >= 0.6 is 23.2 Å². The Bertz CT molecular complexity index is 768.